The summed E-state index contributed by atoms with van der Waals surface area (Å²) in [7, 11) is 0. The van der Waals surface area contributed by atoms with Gasteiger partial charge in [0.2, 0.25) is 0 Å². The van der Waals surface area contributed by atoms with Crippen LogP contribution in [0, 0.1) is 11.6 Å². The first-order chi connectivity index (χ1) is 10.2. The highest BCUT2D eigenvalue weighted by molar-refractivity contribution is 7.99. The third kappa shape index (κ3) is 3.02. The normalized spacial score (nSPS) is 18.7. The summed E-state index contributed by atoms with van der Waals surface area (Å²) in [6, 6.07) is 10.5. The lowest BCUT2D eigenvalue weighted by molar-refractivity contribution is 0.166. The number of hydrazine groups is 1. The summed E-state index contributed by atoms with van der Waals surface area (Å²) in [4.78, 5) is 1.05. The van der Waals surface area contributed by atoms with Gasteiger partial charge < -0.3 is 4.74 Å². The number of benzene rings is 2. The minimum absolute atomic E-state index is 0.309. The van der Waals surface area contributed by atoms with E-state index in [4.69, 9.17) is 10.6 Å². The van der Waals surface area contributed by atoms with Crippen LogP contribution in [0.5, 0.6) is 5.75 Å². The van der Waals surface area contributed by atoms with Crippen LogP contribution in [0.1, 0.15) is 11.6 Å². The Hall–Kier alpha value is -1.63. The molecule has 0 radical (unpaired) electrons. The maximum Gasteiger partial charge on any atom is 0.133 e. The van der Waals surface area contributed by atoms with Crippen LogP contribution < -0.4 is 16.0 Å². The zero-order chi connectivity index (χ0) is 14.8. The van der Waals surface area contributed by atoms with Crippen molar-refractivity contribution in [3.05, 3.63) is 59.7 Å². The van der Waals surface area contributed by atoms with E-state index < -0.39 is 17.7 Å². The highest BCUT2D eigenvalue weighted by Crippen LogP contribution is 2.38. The molecule has 3 nitrogen and oxygen atoms in total. The molecular weight excluding hydrogens is 294 g/mol. The SMILES string of the molecule is NNC(c1cc(F)cc(F)c1)C1CSc2ccccc2O1. The van der Waals surface area contributed by atoms with E-state index in [2.05, 4.69) is 5.43 Å². The summed E-state index contributed by atoms with van der Waals surface area (Å²) in [6.07, 6.45) is -0.309. The fraction of sp³-hybridized carbons (Fsp3) is 0.200. The Labute approximate surface area is 125 Å². The molecule has 0 amide bonds. The van der Waals surface area contributed by atoms with Gasteiger partial charge in [-0.2, -0.15) is 0 Å². The van der Waals surface area contributed by atoms with Crippen LogP contribution in [0.15, 0.2) is 47.4 Å². The van der Waals surface area contributed by atoms with E-state index >= 15 is 0 Å². The van der Waals surface area contributed by atoms with Gasteiger partial charge in [0, 0.05) is 16.7 Å². The molecule has 3 N–H and O–H groups in total. The highest BCUT2D eigenvalue weighted by atomic mass is 32.2. The molecule has 3 rings (SSSR count). The predicted octanol–water partition coefficient (Wildman–Crippen LogP) is 3.02. The fourth-order valence-electron chi connectivity index (χ4n) is 2.37. The largest absolute Gasteiger partial charge is 0.486 e. The number of thioether (sulfide) groups is 1. The summed E-state index contributed by atoms with van der Waals surface area (Å²) in [6.45, 7) is 0. The minimum atomic E-state index is -0.630. The van der Waals surface area contributed by atoms with Crippen molar-refractivity contribution < 1.29 is 13.5 Å². The predicted molar refractivity (Wildman–Crippen MR) is 78.0 cm³/mol. The molecule has 6 heteroatoms. The lowest BCUT2D eigenvalue weighted by atomic mass is 10.0. The average molecular weight is 308 g/mol. The zero-order valence-electron chi connectivity index (χ0n) is 11.1. The zero-order valence-corrected chi connectivity index (χ0v) is 11.9. The smallest absolute Gasteiger partial charge is 0.133 e. The van der Waals surface area contributed by atoms with Crippen LogP contribution >= 0.6 is 11.8 Å². The number of para-hydroxylation sites is 1. The van der Waals surface area contributed by atoms with Crippen molar-refractivity contribution in [2.75, 3.05) is 5.75 Å². The number of halogens is 2. The van der Waals surface area contributed by atoms with E-state index in [0.29, 0.717) is 11.3 Å². The van der Waals surface area contributed by atoms with Crippen molar-refractivity contribution in [2.45, 2.75) is 17.0 Å². The first-order valence-electron chi connectivity index (χ1n) is 6.48. The third-order valence-electron chi connectivity index (χ3n) is 3.33. The summed E-state index contributed by atoms with van der Waals surface area (Å²) in [5.41, 5.74) is 3.03. The average Bonchev–Trinajstić information content (AvgIpc) is 2.47. The van der Waals surface area contributed by atoms with Crippen LogP contribution in [0.2, 0.25) is 0 Å². The summed E-state index contributed by atoms with van der Waals surface area (Å²) >= 11 is 1.64. The van der Waals surface area contributed by atoms with Crippen LogP contribution in [0.3, 0.4) is 0 Å². The van der Waals surface area contributed by atoms with Gasteiger partial charge in [-0.25, -0.2) is 14.2 Å². The van der Waals surface area contributed by atoms with Crippen molar-refractivity contribution in [3.8, 4) is 5.75 Å². The Morgan fingerprint density at radius 3 is 2.62 bits per heavy atom. The molecule has 0 spiro atoms. The summed E-state index contributed by atoms with van der Waals surface area (Å²) < 4.78 is 32.7. The molecule has 0 saturated carbocycles. The second-order valence-corrected chi connectivity index (χ2v) is 5.82. The van der Waals surface area contributed by atoms with Gasteiger partial charge in [-0.05, 0) is 29.8 Å². The van der Waals surface area contributed by atoms with Crippen molar-refractivity contribution >= 4 is 11.8 Å². The van der Waals surface area contributed by atoms with Gasteiger partial charge in [0.05, 0.1) is 6.04 Å². The van der Waals surface area contributed by atoms with Gasteiger partial charge in [0.25, 0.3) is 0 Å². The molecule has 0 fully saturated rings. The van der Waals surface area contributed by atoms with E-state index in [-0.39, 0.29) is 6.10 Å². The molecule has 1 aliphatic heterocycles. The van der Waals surface area contributed by atoms with Crippen molar-refractivity contribution in [1.82, 2.24) is 5.43 Å². The van der Waals surface area contributed by atoms with E-state index in [0.717, 1.165) is 16.7 Å². The van der Waals surface area contributed by atoms with Crippen LogP contribution in [0.4, 0.5) is 8.78 Å². The number of fused-ring (bicyclic) bond motifs is 1. The number of ether oxygens (including phenoxy) is 1. The van der Waals surface area contributed by atoms with Gasteiger partial charge >= 0.3 is 0 Å². The third-order valence-corrected chi connectivity index (χ3v) is 4.47. The van der Waals surface area contributed by atoms with Gasteiger partial charge in [0.1, 0.15) is 23.5 Å². The molecule has 0 bridgehead atoms. The van der Waals surface area contributed by atoms with E-state index in [1.54, 1.807) is 11.8 Å². The Morgan fingerprint density at radius 1 is 1.19 bits per heavy atom. The fourth-order valence-corrected chi connectivity index (χ4v) is 3.41. The second kappa shape index (κ2) is 6.01. The van der Waals surface area contributed by atoms with Crippen molar-refractivity contribution in [2.24, 2.45) is 5.84 Å². The molecule has 1 heterocycles. The lowest BCUT2D eigenvalue weighted by Crippen LogP contribution is -2.42. The van der Waals surface area contributed by atoms with Crippen LogP contribution in [-0.2, 0) is 0 Å². The minimum Gasteiger partial charge on any atom is -0.486 e. The van der Waals surface area contributed by atoms with E-state index in [1.807, 2.05) is 24.3 Å². The monoisotopic (exact) mass is 308 g/mol. The quantitative estimate of drug-likeness (QED) is 0.676. The second-order valence-electron chi connectivity index (χ2n) is 4.76. The molecule has 21 heavy (non-hydrogen) atoms. The first kappa shape index (κ1) is 14.3. The van der Waals surface area contributed by atoms with Gasteiger partial charge in [-0.1, -0.05) is 12.1 Å². The molecule has 1 aliphatic rings. The highest BCUT2D eigenvalue weighted by Gasteiger charge is 2.29. The number of nitrogens with one attached hydrogen (secondary N) is 1. The van der Waals surface area contributed by atoms with Crippen LogP contribution in [0.25, 0.3) is 0 Å². The molecule has 0 aliphatic carbocycles. The molecule has 110 valence electrons. The van der Waals surface area contributed by atoms with Gasteiger partial charge in [0.15, 0.2) is 0 Å². The molecule has 0 aromatic heterocycles. The van der Waals surface area contributed by atoms with Crippen molar-refractivity contribution in [1.29, 1.82) is 0 Å². The molecule has 2 unspecified atom stereocenters. The summed E-state index contributed by atoms with van der Waals surface area (Å²) in [5.74, 6) is 5.71. The van der Waals surface area contributed by atoms with E-state index in [1.165, 1.54) is 12.1 Å². The van der Waals surface area contributed by atoms with Gasteiger partial charge in [-0.15, -0.1) is 11.8 Å². The van der Waals surface area contributed by atoms with E-state index in [9.17, 15) is 8.78 Å². The standard InChI is InChI=1S/C15H14F2N2OS/c16-10-5-9(6-11(17)7-10)15(19-18)13-8-21-14-4-2-1-3-12(14)20-13/h1-7,13,15,19H,8,18H2. The summed E-state index contributed by atoms with van der Waals surface area (Å²) in [5, 5.41) is 0. The molecule has 2 atom stereocenters. The maximum absolute atomic E-state index is 13.4. The Balaban J connectivity index is 1.88. The number of hydrogen-bond acceptors (Lipinski definition) is 4. The Bertz CT molecular complexity index is 633. The Kier molecular flexibility index (Phi) is 4.10. The maximum atomic E-state index is 13.4. The van der Waals surface area contributed by atoms with Crippen LogP contribution in [-0.4, -0.2) is 11.9 Å². The molecule has 0 saturated heterocycles. The number of nitrogens with two attached hydrogens (primary N) is 1. The number of rotatable bonds is 3. The van der Waals surface area contributed by atoms with Crippen molar-refractivity contribution in [3.63, 3.8) is 0 Å². The lowest BCUT2D eigenvalue weighted by Gasteiger charge is -2.31. The first-order valence-corrected chi connectivity index (χ1v) is 7.46. The number of hydrogen-bond donors (Lipinski definition) is 2. The topological polar surface area (TPSA) is 47.3 Å². The Morgan fingerprint density at radius 2 is 1.90 bits per heavy atom. The molecule has 2 aromatic rings. The van der Waals surface area contributed by atoms with Gasteiger partial charge in [-0.3, -0.25) is 5.84 Å². The molecular formula is C15H14F2N2OS. The molecule has 2 aromatic carbocycles.